The van der Waals surface area contributed by atoms with Crippen molar-refractivity contribution in [3.8, 4) is 11.5 Å². The predicted molar refractivity (Wildman–Crippen MR) is 144 cm³/mol. The quantitative estimate of drug-likeness (QED) is 0.323. The van der Waals surface area contributed by atoms with Crippen molar-refractivity contribution in [3.63, 3.8) is 0 Å². The number of hydrogen-bond donors (Lipinski definition) is 1. The largest absolute Gasteiger partial charge is 0.497 e. The Kier molecular flexibility index (Phi) is 8.52. The fourth-order valence-electron chi connectivity index (χ4n) is 4.18. The monoisotopic (exact) mass is 516 g/mol. The summed E-state index contributed by atoms with van der Waals surface area (Å²) in [6, 6.07) is 15.0. The van der Waals surface area contributed by atoms with Gasteiger partial charge in [0.2, 0.25) is 11.8 Å². The zero-order valence-electron chi connectivity index (χ0n) is 22.0. The van der Waals surface area contributed by atoms with Crippen molar-refractivity contribution in [1.29, 1.82) is 0 Å². The summed E-state index contributed by atoms with van der Waals surface area (Å²) >= 11 is 0. The maximum atomic E-state index is 14.1. The van der Waals surface area contributed by atoms with Gasteiger partial charge in [0.1, 0.15) is 29.6 Å². The van der Waals surface area contributed by atoms with E-state index in [1.807, 2.05) is 24.3 Å². The summed E-state index contributed by atoms with van der Waals surface area (Å²) in [5.74, 6) is 0.670. The molecule has 0 saturated carbocycles. The molecule has 10 nitrogen and oxygen atoms in total. The third-order valence-electron chi connectivity index (χ3n) is 6.17. The van der Waals surface area contributed by atoms with Crippen molar-refractivity contribution >= 4 is 28.5 Å². The minimum Gasteiger partial charge on any atom is -0.497 e. The second-order valence-electron chi connectivity index (χ2n) is 9.19. The molecule has 0 aliphatic rings. The van der Waals surface area contributed by atoms with Gasteiger partial charge in [-0.3, -0.25) is 19.5 Å². The van der Waals surface area contributed by atoms with Gasteiger partial charge in [-0.25, -0.2) is 4.68 Å². The highest BCUT2D eigenvalue weighted by molar-refractivity contribution is 6.02. The van der Waals surface area contributed by atoms with Gasteiger partial charge in [0, 0.05) is 25.0 Å². The molecule has 4 rings (SSSR count). The fraction of sp³-hybridized carbons (Fsp3) is 0.321. The number of benzene rings is 2. The number of anilines is 1. The van der Waals surface area contributed by atoms with E-state index in [0.29, 0.717) is 46.2 Å². The van der Waals surface area contributed by atoms with Gasteiger partial charge in [0.15, 0.2) is 0 Å². The second-order valence-corrected chi connectivity index (χ2v) is 9.19. The standard InChI is InChI=1S/C28H32N6O4/c1-19(2)11-16-30-28(36)27(20-12-14-29-15-13-20)34(24-10-9-21(37-3)17-25(24)38-4)26(35)18-33-23-8-6-5-7-22(23)31-32-33/h5-10,12-15,17,19,27H,11,16,18H2,1-4H3,(H,30,36). The zero-order chi connectivity index (χ0) is 27.1. The molecule has 0 spiro atoms. The Bertz CT molecular complexity index is 1390. The minimum atomic E-state index is -0.991. The molecule has 2 aromatic heterocycles. The van der Waals surface area contributed by atoms with Crippen molar-refractivity contribution in [2.45, 2.75) is 32.9 Å². The number of fused-ring (bicyclic) bond motifs is 1. The topological polar surface area (TPSA) is 111 Å². The van der Waals surface area contributed by atoms with Crippen LogP contribution in [-0.4, -0.2) is 52.6 Å². The highest BCUT2D eigenvalue weighted by Crippen LogP contribution is 2.37. The molecule has 0 bridgehead atoms. The van der Waals surface area contributed by atoms with Gasteiger partial charge in [-0.15, -0.1) is 5.10 Å². The van der Waals surface area contributed by atoms with Crippen LogP contribution in [0.3, 0.4) is 0 Å². The van der Waals surface area contributed by atoms with Crippen molar-refractivity contribution in [2.75, 3.05) is 25.7 Å². The van der Waals surface area contributed by atoms with Crippen LogP contribution in [0.4, 0.5) is 5.69 Å². The van der Waals surface area contributed by atoms with E-state index in [2.05, 4.69) is 34.5 Å². The molecule has 10 heteroatoms. The van der Waals surface area contributed by atoms with Gasteiger partial charge in [-0.05, 0) is 54.3 Å². The number of carbonyl (C=O) groups is 2. The molecule has 2 amide bonds. The van der Waals surface area contributed by atoms with Crippen molar-refractivity contribution in [3.05, 3.63) is 72.6 Å². The number of pyridine rings is 1. The van der Waals surface area contributed by atoms with Crippen LogP contribution < -0.4 is 19.7 Å². The first-order valence-corrected chi connectivity index (χ1v) is 12.4. The number of para-hydroxylation sites is 1. The fourth-order valence-corrected chi connectivity index (χ4v) is 4.18. The van der Waals surface area contributed by atoms with Crippen LogP contribution in [0.5, 0.6) is 11.5 Å². The third kappa shape index (κ3) is 5.91. The van der Waals surface area contributed by atoms with Crippen LogP contribution in [-0.2, 0) is 16.1 Å². The van der Waals surface area contributed by atoms with Crippen LogP contribution in [0, 0.1) is 5.92 Å². The normalized spacial score (nSPS) is 11.8. The van der Waals surface area contributed by atoms with Crippen LogP contribution >= 0.6 is 0 Å². The van der Waals surface area contributed by atoms with E-state index < -0.39 is 6.04 Å². The number of amides is 2. The Morgan fingerprint density at radius 3 is 2.50 bits per heavy atom. The van der Waals surface area contributed by atoms with Crippen LogP contribution in [0.25, 0.3) is 11.0 Å². The smallest absolute Gasteiger partial charge is 0.249 e. The number of aromatic nitrogens is 4. The number of ether oxygens (including phenoxy) is 2. The average molecular weight is 517 g/mol. The van der Waals surface area contributed by atoms with Gasteiger partial charge in [-0.2, -0.15) is 0 Å². The van der Waals surface area contributed by atoms with E-state index in [1.165, 1.54) is 16.7 Å². The van der Waals surface area contributed by atoms with Crippen molar-refractivity contribution in [2.24, 2.45) is 5.92 Å². The molecule has 38 heavy (non-hydrogen) atoms. The molecule has 2 heterocycles. The number of methoxy groups -OCH3 is 2. The highest BCUT2D eigenvalue weighted by atomic mass is 16.5. The summed E-state index contributed by atoms with van der Waals surface area (Å²) < 4.78 is 12.5. The Morgan fingerprint density at radius 2 is 1.79 bits per heavy atom. The van der Waals surface area contributed by atoms with Crippen LogP contribution in [0.1, 0.15) is 31.9 Å². The molecular weight excluding hydrogens is 484 g/mol. The molecule has 1 unspecified atom stereocenters. The van der Waals surface area contributed by atoms with Gasteiger partial charge >= 0.3 is 0 Å². The lowest BCUT2D eigenvalue weighted by atomic mass is 10.0. The Labute approximate surface area is 221 Å². The molecule has 0 saturated heterocycles. The first kappa shape index (κ1) is 26.6. The van der Waals surface area contributed by atoms with E-state index >= 15 is 0 Å². The molecule has 1 N–H and O–H groups in total. The molecule has 4 aromatic rings. The molecule has 2 aromatic carbocycles. The van der Waals surface area contributed by atoms with Gasteiger partial charge in [0.05, 0.1) is 25.4 Å². The van der Waals surface area contributed by atoms with Crippen molar-refractivity contribution < 1.29 is 19.1 Å². The molecule has 198 valence electrons. The predicted octanol–water partition coefficient (Wildman–Crippen LogP) is 3.78. The van der Waals surface area contributed by atoms with Gasteiger partial charge < -0.3 is 14.8 Å². The van der Waals surface area contributed by atoms with Crippen LogP contribution in [0.2, 0.25) is 0 Å². The molecular formula is C28H32N6O4. The SMILES string of the molecule is COc1ccc(N(C(=O)Cn2nnc3ccccc32)C(C(=O)NCCC(C)C)c2ccncc2)c(OC)c1. The average Bonchev–Trinajstić information content (AvgIpc) is 3.34. The molecule has 0 radical (unpaired) electrons. The van der Waals surface area contributed by atoms with Gasteiger partial charge in [-0.1, -0.05) is 31.2 Å². The summed E-state index contributed by atoms with van der Waals surface area (Å²) in [6.07, 6.45) is 4.00. The van der Waals surface area contributed by atoms with Crippen LogP contribution in [0.15, 0.2) is 67.0 Å². The Balaban J connectivity index is 1.81. The number of carbonyl (C=O) groups excluding carboxylic acids is 2. The molecule has 0 aliphatic heterocycles. The number of hydrogen-bond acceptors (Lipinski definition) is 7. The number of rotatable bonds is 11. The first-order chi connectivity index (χ1) is 18.4. The molecule has 0 fully saturated rings. The summed E-state index contributed by atoms with van der Waals surface area (Å²) in [5, 5.41) is 11.4. The summed E-state index contributed by atoms with van der Waals surface area (Å²) in [7, 11) is 3.06. The number of nitrogens with zero attached hydrogens (tertiary/aromatic N) is 5. The first-order valence-electron chi connectivity index (χ1n) is 12.4. The lowest BCUT2D eigenvalue weighted by Gasteiger charge is -2.32. The van der Waals surface area contributed by atoms with E-state index in [-0.39, 0.29) is 18.4 Å². The van der Waals surface area contributed by atoms with Crippen molar-refractivity contribution in [1.82, 2.24) is 25.3 Å². The van der Waals surface area contributed by atoms with Gasteiger partial charge in [0.25, 0.3) is 0 Å². The maximum absolute atomic E-state index is 14.1. The highest BCUT2D eigenvalue weighted by Gasteiger charge is 2.35. The molecule has 0 aliphatic carbocycles. The molecule has 1 atom stereocenters. The third-order valence-corrected chi connectivity index (χ3v) is 6.17. The maximum Gasteiger partial charge on any atom is 0.249 e. The minimum absolute atomic E-state index is 0.142. The van der Waals surface area contributed by atoms with E-state index in [4.69, 9.17) is 9.47 Å². The summed E-state index contributed by atoms with van der Waals surface area (Å²) in [5.41, 5.74) is 2.41. The second kappa shape index (κ2) is 12.2. The zero-order valence-corrected chi connectivity index (χ0v) is 22.0. The van der Waals surface area contributed by atoms with E-state index in [1.54, 1.807) is 49.8 Å². The Hall–Kier alpha value is -4.47. The lowest BCUT2D eigenvalue weighted by Crippen LogP contribution is -2.45. The summed E-state index contributed by atoms with van der Waals surface area (Å²) in [6.45, 7) is 4.52. The lowest BCUT2D eigenvalue weighted by molar-refractivity contribution is -0.127. The van der Waals surface area contributed by atoms with E-state index in [0.717, 1.165) is 6.42 Å². The number of nitrogens with one attached hydrogen (secondary N) is 1. The summed E-state index contributed by atoms with van der Waals surface area (Å²) in [4.78, 5) is 33.4. The Morgan fingerprint density at radius 1 is 1.03 bits per heavy atom. The van der Waals surface area contributed by atoms with E-state index in [9.17, 15) is 9.59 Å².